The van der Waals surface area contributed by atoms with Crippen LogP contribution in [-0.2, 0) is 20.9 Å². The molecule has 1 aromatic carbocycles. The van der Waals surface area contributed by atoms with Crippen LogP contribution >= 0.6 is 0 Å². The van der Waals surface area contributed by atoms with Crippen LogP contribution in [0.4, 0.5) is 5.69 Å². The Morgan fingerprint density at radius 3 is 2.19 bits per heavy atom. The van der Waals surface area contributed by atoms with Gasteiger partial charge >= 0.3 is 5.97 Å². The fraction of sp³-hybridized carbons (Fsp3) is 0.600. The van der Waals surface area contributed by atoms with Gasteiger partial charge in [0, 0.05) is 58.9 Å². The maximum absolute atomic E-state index is 12.3. The van der Waals surface area contributed by atoms with E-state index in [1.807, 2.05) is 4.90 Å². The van der Waals surface area contributed by atoms with E-state index in [0.717, 1.165) is 32.7 Å². The smallest absolute Gasteiger partial charge is 0.306 e. The van der Waals surface area contributed by atoms with E-state index in [2.05, 4.69) is 52.9 Å². The number of amides is 1. The van der Waals surface area contributed by atoms with Crippen molar-refractivity contribution in [1.29, 1.82) is 0 Å². The van der Waals surface area contributed by atoms with Gasteiger partial charge in [0.15, 0.2) is 0 Å². The highest BCUT2D eigenvalue weighted by atomic mass is 16.5. The Balaban J connectivity index is 1.46. The molecule has 0 unspecified atom stereocenters. The molecule has 2 saturated heterocycles. The summed E-state index contributed by atoms with van der Waals surface area (Å²) in [7, 11) is 5.46. The average molecular weight is 359 g/mol. The van der Waals surface area contributed by atoms with E-state index in [0.29, 0.717) is 11.8 Å². The third kappa shape index (κ3) is 4.36. The van der Waals surface area contributed by atoms with Crippen LogP contribution < -0.4 is 4.90 Å². The highest BCUT2D eigenvalue weighted by Gasteiger charge is 2.41. The summed E-state index contributed by atoms with van der Waals surface area (Å²) in [6, 6.07) is 8.72. The summed E-state index contributed by atoms with van der Waals surface area (Å²) in [6.45, 7) is 4.69. The van der Waals surface area contributed by atoms with E-state index in [4.69, 9.17) is 0 Å². The zero-order valence-electron chi connectivity index (χ0n) is 16.0. The van der Waals surface area contributed by atoms with Crippen molar-refractivity contribution in [1.82, 2.24) is 9.80 Å². The van der Waals surface area contributed by atoms with Crippen LogP contribution in [-0.4, -0.2) is 69.1 Å². The zero-order valence-corrected chi connectivity index (χ0v) is 16.0. The van der Waals surface area contributed by atoms with Crippen molar-refractivity contribution in [3.63, 3.8) is 0 Å². The lowest BCUT2D eigenvalue weighted by molar-refractivity contribution is -0.143. The van der Waals surface area contributed by atoms with Crippen molar-refractivity contribution in [2.45, 2.75) is 19.4 Å². The number of hydrogen-bond donors (Lipinski definition) is 0. The highest BCUT2D eigenvalue weighted by molar-refractivity contribution is 5.81. The van der Waals surface area contributed by atoms with Crippen LogP contribution in [0, 0.1) is 11.8 Å². The number of fused-ring (bicyclic) bond motifs is 1. The Bertz CT molecular complexity index is 630. The molecule has 2 heterocycles. The van der Waals surface area contributed by atoms with Gasteiger partial charge in [-0.3, -0.25) is 14.5 Å². The Kier molecular flexibility index (Phi) is 5.81. The highest BCUT2D eigenvalue weighted by Crippen LogP contribution is 2.32. The number of methoxy groups -OCH3 is 1. The van der Waals surface area contributed by atoms with Crippen LogP contribution in [0.1, 0.15) is 18.4 Å². The molecule has 0 N–H and O–H groups in total. The fourth-order valence-corrected chi connectivity index (χ4v) is 4.05. The van der Waals surface area contributed by atoms with Gasteiger partial charge in [-0.25, -0.2) is 0 Å². The maximum Gasteiger partial charge on any atom is 0.306 e. The predicted molar refractivity (Wildman–Crippen MR) is 101 cm³/mol. The van der Waals surface area contributed by atoms with E-state index in [-0.39, 0.29) is 24.7 Å². The number of esters is 1. The Labute approximate surface area is 155 Å². The normalized spacial score (nSPS) is 22.3. The van der Waals surface area contributed by atoms with Crippen molar-refractivity contribution in [3.8, 4) is 0 Å². The average Bonchev–Trinajstić information content (AvgIpc) is 3.18. The van der Waals surface area contributed by atoms with Crippen LogP contribution in [0.3, 0.4) is 0 Å². The number of carbonyl (C=O) groups is 2. The summed E-state index contributed by atoms with van der Waals surface area (Å²) in [4.78, 5) is 30.0. The Morgan fingerprint density at radius 2 is 1.65 bits per heavy atom. The van der Waals surface area contributed by atoms with E-state index >= 15 is 0 Å². The fourth-order valence-electron chi connectivity index (χ4n) is 4.05. The van der Waals surface area contributed by atoms with E-state index < -0.39 is 0 Å². The molecule has 2 aliphatic heterocycles. The van der Waals surface area contributed by atoms with Gasteiger partial charge in [-0.2, -0.15) is 0 Å². The molecule has 0 bridgehead atoms. The number of hydrogen-bond acceptors (Lipinski definition) is 5. The second kappa shape index (κ2) is 8.08. The van der Waals surface area contributed by atoms with Crippen LogP contribution in [0.2, 0.25) is 0 Å². The van der Waals surface area contributed by atoms with Crippen molar-refractivity contribution in [3.05, 3.63) is 29.8 Å². The molecule has 0 aromatic heterocycles. The third-order valence-corrected chi connectivity index (χ3v) is 5.54. The lowest BCUT2D eigenvalue weighted by Crippen LogP contribution is -2.33. The number of ether oxygens (including phenoxy) is 1. The van der Waals surface area contributed by atoms with E-state index in [1.54, 1.807) is 0 Å². The molecule has 6 heteroatoms. The van der Waals surface area contributed by atoms with Crippen molar-refractivity contribution in [2.24, 2.45) is 11.8 Å². The van der Waals surface area contributed by atoms with Gasteiger partial charge in [-0.05, 0) is 29.5 Å². The Hall–Kier alpha value is -2.08. The van der Waals surface area contributed by atoms with Crippen LogP contribution in [0.15, 0.2) is 24.3 Å². The molecule has 2 atom stereocenters. The molecule has 0 spiro atoms. The Morgan fingerprint density at radius 1 is 1.04 bits per heavy atom. The second-order valence-electron chi connectivity index (χ2n) is 7.65. The predicted octanol–water partition coefficient (Wildman–Crippen LogP) is 1.60. The molecule has 142 valence electrons. The molecule has 3 rings (SSSR count). The van der Waals surface area contributed by atoms with Crippen LogP contribution in [0.5, 0.6) is 0 Å². The standard InChI is InChI=1S/C20H29N3O3/c1-21(2)18-6-4-15(5-7-18)10-22-11-16-13-23(14-17(16)12-22)19(24)8-9-20(25)26-3/h4-7,16-17H,8-14H2,1-3H3/t16-,17-/m0/s1. The first-order chi connectivity index (χ1) is 12.5. The van der Waals surface area contributed by atoms with Gasteiger partial charge in [-0.15, -0.1) is 0 Å². The summed E-state index contributed by atoms with van der Waals surface area (Å²) in [5, 5.41) is 0. The van der Waals surface area contributed by atoms with Gasteiger partial charge in [0.1, 0.15) is 0 Å². The first-order valence-corrected chi connectivity index (χ1v) is 9.29. The molecule has 2 aliphatic rings. The van der Waals surface area contributed by atoms with E-state index in [9.17, 15) is 9.59 Å². The summed E-state index contributed by atoms with van der Waals surface area (Å²) in [5.41, 5.74) is 2.55. The number of nitrogens with zero attached hydrogens (tertiary/aromatic N) is 3. The molecule has 0 radical (unpaired) electrons. The summed E-state index contributed by atoms with van der Waals surface area (Å²) >= 11 is 0. The molecule has 26 heavy (non-hydrogen) atoms. The number of anilines is 1. The van der Waals surface area contributed by atoms with Gasteiger partial charge in [0.05, 0.1) is 13.5 Å². The lowest BCUT2D eigenvalue weighted by atomic mass is 10.0. The summed E-state index contributed by atoms with van der Waals surface area (Å²) in [5.74, 6) is 0.871. The molecule has 6 nitrogen and oxygen atoms in total. The first-order valence-electron chi connectivity index (χ1n) is 9.29. The van der Waals surface area contributed by atoms with Crippen molar-refractivity contribution < 1.29 is 14.3 Å². The topological polar surface area (TPSA) is 53.1 Å². The van der Waals surface area contributed by atoms with E-state index in [1.165, 1.54) is 18.4 Å². The van der Waals surface area contributed by atoms with Crippen molar-refractivity contribution in [2.75, 3.05) is 52.3 Å². The van der Waals surface area contributed by atoms with Gasteiger partial charge in [0.2, 0.25) is 5.91 Å². The molecule has 1 amide bonds. The number of benzene rings is 1. The zero-order chi connectivity index (χ0) is 18.7. The SMILES string of the molecule is COC(=O)CCC(=O)N1C[C@@H]2CN(Cc3ccc(N(C)C)cc3)C[C@H]2C1. The minimum Gasteiger partial charge on any atom is -0.469 e. The van der Waals surface area contributed by atoms with Gasteiger partial charge < -0.3 is 14.5 Å². The number of rotatable bonds is 6. The molecule has 0 aliphatic carbocycles. The largest absolute Gasteiger partial charge is 0.469 e. The minimum atomic E-state index is -0.316. The quantitative estimate of drug-likeness (QED) is 0.722. The molecular weight excluding hydrogens is 330 g/mol. The maximum atomic E-state index is 12.3. The van der Waals surface area contributed by atoms with Crippen LogP contribution in [0.25, 0.3) is 0 Å². The van der Waals surface area contributed by atoms with Gasteiger partial charge in [0.25, 0.3) is 0 Å². The molecule has 2 fully saturated rings. The molecule has 0 saturated carbocycles. The summed E-state index contributed by atoms with van der Waals surface area (Å²) < 4.78 is 4.61. The third-order valence-electron chi connectivity index (χ3n) is 5.54. The number of likely N-dealkylation sites (tertiary alicyclic amines) is 2. The van der Waals surface area contributed by atoms with Crippen molar-refractivity contribution >= 4 is 17.6 Å². The molecule has 1 aromatic rings. The van der Waals surface area contributed by atoms with Gasteiger partial charge in [-0.1, -0.05) is 12.1 Å². The first kappa shape index (κ1) is 18.7. The molecular formula is C20H29N3O3. The number of carbonyl (C=O) groups excluding carboxylic acids is 2. The lowest BCUT2D eigenvalue weighted by Gasteiger charge is -2.22. The minimum absolute atomic E-state index is 0.0793. The summed E-state index contributed by atoms with van der Waals surface area (Å²) in [6.07, 6.45) is 0.435. The second-order valence-corrected chi connectivity index (χ2v) is 7.65. The monoisotopic (exact) mass is 359 g/mol.